The highest BCUT2D eigenvalue weighted by Gasteiger charge is 2.17. The SMILES string of the molecule is CCn1c(CNC(=O)OC(C)(C)C)nc2ccccc21. The van der Waals surface area contributed by atoms with Crippen molar-refractivity contribution in [1.29, 1.82) is 0 Å². The Kier molecular flexibility index (Phi) is 3.97. The van der Waals surface area contributed by atoms with Crippen LogP contribution in [0, 0.1) is 0 Å². The topological polar surface area (TPSA) is 56.2 Å². The molecule has 1 heterocycles. The van der Waals surface area contributed by atoms with Crippen LogP contribution >= 0.6 is 0 Å². The average Bonchev–Trinajstić information content (AvgIpc) is 2.71. The highest BCUT2D eigenvalue weighted by Crippen LogP contribution is 2.16. The molecule has 0 saturated heterocycles. The Morgan fingerprint density at radius 1 is 1.35 bits per heavy atom. The van der Waals surface area contributed by atoms with Crippen molar-refractivity contribution in [3.05, 3.63) is 30.1 Å². The summed E-state index contributed by atoms with van der Waals surface area (Å²) in [5.74, 6) is 0.833. The lowest BCUT2D eigenvalue weighted by atomic mass is 10.2. The molecule has 0 aliphatic carbocycles. The minimum absolute atomic E-state index is 0.359. The first-order valence-corrected chi connectivity index (χ1v) is 6.81. The van der Waals surface area contributed by atoms with Gasteiger partial charge in [-0.1, -0.05) is 12.1 Å². The van der Waals surface area contributed by atoms with Gasteiger partial charge in [0.2, 0.25) is 0 Å². The van der Waals surface area contributed by atoms with Crippen LogP contribution in [-0.4, -0.2) is 21.2 Å². The summed E-state index contributed by atoms with van der Waals surface area (Å²) in [6.45, 7) is 8.75. The van der Waals surface area contributed by atoms with Crippen LogP contribution in [0.3, 0.4) is 0 Å². The number of hydrogen-bond donors (Lipinski definition) is 1. The smallest absolute Gasteiger partial charge is 0.408 e. The van der Waals surface area contributed by atoms with E-state index in [-0.39, 0.29) is 0 Å². The lowest BCUT2D eigenvalue weighted by molar-refractivity contribution is 0.0521. The number of amides is 1. The molecule has 0 atom stereocenters. The summed E-state index contributed by atoms with van der Waals surface area (Å²) in [6.07, 6.45) is -0.424. The molecule has 20 heavy (non-hydrogen) atoms. The van der Waals surface area contributed by atoms with Crippen molar-refractivity contribution < 1.29 is 9.53 Å². The number of benzene rings is 1. The molecule has 0 fully saturated rings. The molecule has 1 amide bonds. The first-order chi connectivity index (χ1) is 9.40. The van der Waals surface area contributed by atoms with Crippen molar-refractivity contribution >= 4 is 17.1 Å². The van der Waals surface area contributed by atoms with E-state index in [4.69, 9.17) is 4.74 Å². The molecule has 1 N–H and O–H groups in total. The summed E-state index contributed by atoms with van der Waals surface area (Å²) in [5.41, 5.74) is 1.53. The highest BCUT2D eigenvalue weighted by molar-refractivity contribution is 5.76. The lowest BCUT2D eigenvalue weighted by Crippen LogP contribution is -2.32. The Balaban J connectivity index is 2.12. The zero-order chi connectivity index (χ0) is 14.8. The molecule has 2 aromatic rings. The van der Waals surface area contributed by atoms with Crippen molar-refractivity contribution in [2.45, 2.75) is 46.4 Å². The van der Waals surface area contributed by atoms with Gasteiger partial charge in [-0.25, -0.2) is 9.78 Å². The minimum Gasteiger partial charge on any atom is -0.444 e. The predicted octanol–water partition coefficient (Wildman–Crippen LogP) is 3.08. The number of rotatable bonds is 3. The summed E-state index contributed by atoms with van der Waals surface area (Å²) in [6, 6.07) is 7.95. The Labute approximate surface area is 118 Å². The quantitative estimate of drug-likeness (QED) is 0.936. The van der Waals surface area contributed by atoms with Crippen molar-refractivity contribution in [3.8, 4) is 0 Å². The number of para-hydroxylation sites is 2. The van der Waals surface area contributed by atoms with Gasteiger partial charge in [-0.05, 0) is 39.8 Å². The van der Waals surface area contributed by atoms with Crippen LogP contribution in [0.25, 0.3) is 11.0 Å². The van der Waals surface area contributed by atoms with Crippen LogP contribution < -0.4 is 5.32 Å². The van der Waals surface area contributed by atoms with Gasteiger partial charge in [0.1, 0.15) is 11.4 Å². The van der Waals surface area contributed by atoms with Crippen LogP contribution in [0.15, 0.2) is 24.3 Å². The molecule has 0 bridgehead atoms. The molecule has 1 aromatic heterocycles. The molecule has 0 unspecified atom stereocenters. The van der Waals surface area contributed by atoms with Crippen molar-refractivity contribution in [2.75, 3.05) is 0 Å². The van der Waals surface area contributed by atoms with Crippen LogP contribution in [0.4, 0.5) is 4.79 Å². The number of nitrogens with one attached hydrogen (secondary N) is 1. The minimum atomic E-state index is -0.491. The normalized spacial score (nSPS) is 11.6. The molecule has 0 saturated carbocycles. The maximum Gasteiger partial charge on any atom is 0.408 e. The molecule has 5 heteroatoms. The largest absolute Gasteiger partial charge is 0.444 e. The van der Waals surface area contributed by atoms with Gasteiger partial charge in [-0.3, -0.25) is 0 Å². The molecule has 0 radical (unpaired) electrons. The van der Waals surface area contributed by atoms with Crippen LogP contribution in [0.1, 0.15) is 33.5 Å². The second-order valence-electron chi connectivity index (χ2n) is 5.62. The van der Waals surface area contributed by atoms with Crippen LogP contribution in [-0.2, 0) is 17.8 Å². The van der Waals surface area contributed by atoms with Crippen molar-refractivity contribution in [1.82, 2.24) is 14.9 Å². The fraction of sp³-hybridized carbons (Fsp3) is 0.467. The van der Waals surface area contributed by atoms with Gasteiger partial charge in [-0.15, -0.1) is 0 Å². The third-order valence-electron chi connectivity index (χ3n) is 2.84. The van der Waals surface area contributed by atoms with Gasteiger partial charge < -0.3 is 14.6 Å². The molecule has 108 valence electrons. The number of carbonyl (C=O) groups excluding carboxylic acids is 1. The summed E-state index contributed by atoms with van der Waals surface area (Å²) >= 11 is 0. The molecule has 1 aromatic carbocycles. The molecule has 0 spiro atoms. The van der Waals surface area contributed by atoms with E-state index in [2.05, 4.69) is 21.8 Å². The summed E-state index contributed by atoms with van der Waals surface area (Å²) in [5, 5.41) is 2.75. The lowest BCUT2D eigenvalue weighted by Gasteiger charge is -2.19. The third kappa shape index (κ3) is 3.29. The second kappa shape index (κ2) is 5.53. The monoisotopic (exact) mass is 275 g/mol. The fourth-order valence-corrected chi connectivity index (χ4v) is 2.08. The first kappa shape index (κ1) is 14.4. The summed E-state index contributed by atoms with van der Waals surface area (Å²) in [4.78, 5) is 16.2. The van der Waals surface area contributed by atoms with Gasteiger partial charge in [-0.2, -0.15) is 0 Å². The number of nitrogens with zero attached hydrogens (tertiary/aromatic N) is 2. The van der Waals surface area contributed by atoms with Crippen molar-refractivity contribution in [2.24, 2.45) is 0 Å². The molecule has 5 nitrogen and oxygen atoms in total. The number of fused-ring (bicyclic) bond motifs is 1. The van der Waals surface area contributed by atoms with Gasteiger partial charge in [0, 0.05) is 6.54 Å². The number of alkyl carbamates (subject to hydrolysis) is 1. The Bertz CT molecular complexity index is 611. The number of aryl methyl sites for hydroxylation is 1. The molecular weight excluding hydrogens is 254 g/mol. The highest BCUT2D eigenvalue weighted by atomic mass is 16.6. The van der Waals surface area contributed by atoms with Crippen LogP contribution in [0.2, 0.25) is 0 Å². The van der Waals surface area contributed by atoms with E-state index < -0.39 is 11.7 Å². The number of ether oxygens (including phenoxy) is 1. The number of carbonyl (C=O) groups is 1. The van der Waals surface area contributed by atoms with E-state index in [1.807, 2.05) is 45.0 Å². The maximum atomic E-state index is 11.7. The zero-order valence-corrected chi connectivity index (χ0v) is 12.4. The standard InChI is InChI=1S/C15H21N3O2/c1-5-18-12-9-7-6-8-11(12)17-13(18)10-16-14(19)20-15(2,3)4/h6-9H,5,10H2,1-4H3,(H,16,19). The molecule has 0 aliphatic heterocycles. The number of hydrogen-bond acceptors (Lipinski definition) is 3. The fourth-order valence-electron chi connectivity index (χ4n) is 2.08. The molecule has 0 aliphatic rings. The summed E-state index contributed by atoms with van der Waals surface area (Å²) < 4.78 is 7.31. The van der Waals surface area contributed by atoms with Gasteiger partial charge in [0.05, 0.1) is 17.6 Å². The van der Waals surface area contributed by atoms with Crippen molar-refractivity contribution in [3.63, 3.8) is 0 Å². The van der Waals surface area contributed by atoms with Gasteiger partial charge in [0.15, 0.2) is 0 Å². The Morgan fingerprint density at radius 3 is 2.70 bits per heavy atom. The second-order valence-corrected chi connectivity index (χ2v) is 5.62. The molecular formula is C15H21N3O2. The Hall–Kier alpha value is -2.04. The van der Waals surface area contributed by atoms with Gasteiger partial charge >= 0.3 is 6.09 Å². The number of imidazole rings is 1. The van der Waals surface area contributed by atoms with Crippen LogP contribution in [0.5, 0.6) is 0 Å². The maximum absolute atomic E-state index is 11.7. The third-order valence-corrected chi connectivity index (χ3v) is 2.84. The van der Waals surface area contributed by atoms with E-state index in [0.29, 0.717) is 6.54 Å². The van der Waals surface area contributed by atoms with E-state index in [0.717, 1.165) is 23.4 Å². The van der Waals surface area contributed by atoms with E-state index >= 15 is 0 Å². The zero-order valence-electron chi connectivity index (χ0n) is 12.4. The average molecular weight is 275 g/mol. The summed E-state index contributed by atoms with van der Waals surface area (Å²) in [7, 11) is 0. The Morgan fingerprint density at radius 2 is 2.05 bits per heavy atom. The number of aromatic nitrogens is 2. The van der Waals surface area contributed by atoms with E-state index in [1.165, 1.54) is 0 Å². The first-order valence-electron chi connectivity index (χ1n) is 6.81. The van der Waals surface area contributed by atoms with Gasteiger partial charge in [0.25, 0.3) is 0 Å². The van der Waals surface area contributed by atoms with E-state index in [9.17, 15) is 4.79 Å². The predicted molar refractivity (Wildman–Crippen MR) is 78.5 cm³/mol. The molecule has 2 rings (SSSR count). The van der Waals surface area contributed by atoms with E-state index in [1.54, 1.807) is 0 Å².